The second-order valence-corrected chi connectivity index (χ2v) is 8.22. The van der Waals surface area contributed by atoms with E-state index in [0.717, 1.165) is 16.0 Å². The van der Waals surface area contributed by atoms with Crippen LogP contribution >= 0.6 is 11.3 Å². The number of rotatable bonds is 6. The number of carbonyl (C=O) groups excluding carboxylic acids is 3. The van der Waals surface area contributed by atoms with Crippen molar-refractivity contribution in [2.75, 3.05) is 5.32 Å². The molecule has 0 saturated carbocycles. The van der Waals surface area contributed by atoms with Gasteiger partial charge in [0.25, 0.3) is 5.91 Å². The third-order valence-electron chi connectivity index (χ3n) is 4.69. The summed E-state index contributed by atoms with van der Waals surface area (Å²) < 4.78 is 46.8. The van der Waals surface area contributed by atoms with Crippen molar-refractivity contribution in [3.8, 4) is 17.3 Å². The molecule has 0 spiro atoms. The third-order valence-corrected chi connectivity index (χ3v) is 5.53. The highest BCUT2D eigenvalue weighted by atomic mass is 32.1. The summed E-state index contributed by atoms with van der Waals surface area (Å²) in [6.07, 6.45) is -5.97. The van der Waals surface area contributed by atoms with Gasteiger partial charge in [0, 0.05) is 17.3 Å². The minimum Gasteiger partial charge on any atom is -0.391 e. The molecule has 3 amide bonds. The van der Waals surface area contributed by atoms with Crippen LogP contribution < -0.4 is 26.3 Å². The van der Waals surface area contributed by atoms with E-state index in [1.165, 1.54) is 48.5 Å². The van der Waals surface area contributed by atoms with E-state index >= 15 is 0 Å². The number of primary amides is 2. The van der Waals surface area contributed by atoms with E-state index in [9.17, 15) is 27.6 Å². The topological polar surface area (TPSA) is 184 Å². The van der Waals surface area contributed by atoms with Gasteiger partial charge in [-0.3, -0.25) is 20.3 Å². The molecule has 37 heavy (non-hydrogen) atoms. The lowest BCUT2D eigenvalue weighted by Gasteiger charge is -2.10. The van der Waals surface area contributed by atoms with Gasteiger partial charge >= 0.3 is 12.3 Å². The summed E-state index contributed by atoms with van der Waals surface area (Å²) in [5.41, 5.74) is 9.67. The van der Waals surface area contributed by atoms with Crippen molar-refractivity contribution in [2.45, 2.75) is 6.18 Å². The normalized spacial score (nSPS) is 11.2. The lowest BCUT2D eigenvalue weighted by Crippen LogP contribution is -2.19. The average Bonchev–Trinajstić information content (AvgIpc) is 3.43. The molecule has 2 aromatic carbocycles. The molecule has 4 rings (SSSR count). The number of alkyl halides is 3. The van der Waals surface area contributed by atoms with E-state index in [4.69, 9.17) is 21.6 Å². The Morgan fingerprint density at radius 1 is 0.946 bits per heavy atom. The van der Waals surface area contributed by atoms with Gasteiger partial charge in [0.15, 0.2) is 5.69 Å². The molecule has 0 fully saturated rings. The number of amides is 3. The quantitative estimate of drug-likeness (QED) is 0.295. The van der Waals surface area contributed by atoms with E-state index in [0.29, 0.717) is 16.4 Å². The summed E-state index contributed by atoms with van der Waals surface area (Å²) in [7, 11) is 0. The Morgan fingerprint density at radius 2 is 1.65 bits per heavy atom. The van der Waals surface area contributed by atoms with Crippen molar-refractivity contribution in [1.82, 2.24) is 19.6 Å². The Labute approximate surface area is 208 Å². The molecule has 0 aliphatic rings. The number of nitrogens with zero attached hydrogens (tertiary/aromatic N) is 4. The third kappa shape index (κ3) is 5.48. The molecule has 0 aliphatic carbocycles. The molecular weight excluding hydrogens is 517 g/mol. The van der Waals surface area contributed by atoms with Crippen molar-refractivity contribution < 1.29 is 32.3 Å². The van der Waals surface area contributed by atoms with Crippen LogP contribution in [0.4, 0.5) is 23.7 Å². The van der Waals surface area contributed by atoms with Crippen LogP contribution in [-0.4, -0.2) is 37.5 Å². The van der Waals surface area contributed by atoms with E-state index in [2.05, 4.69) is 15.5 Å². The summed E-state index contributed by atoms with van der Waals surface area (Å²) in [5, 5.41) is 17.6. The fourth-order valence-corrected chi connectivity index (χ4v) is 3.68. The van der Waals surface area contributed by atoms with E-state index in [1.807, 2.05) is 0 Å². The van der Waals surface area contributed by atoms with Gasteiger partial charge in [-0.1, -0.05) is 17.4 Å². The number of nitrogens with two attached hydrogens (primary N) is 2. The molecular formula is C21H15F3N8O4S. The Bertz CT molecular complexity index is 1570. The van der Waals surface area contributed by atoms with Crippen LogP contribution in [0.3, 0.4) is 0 Å². The number of aromatic nitrogens is 4. The van der Waals surface area contributed by atoms with Gasteiger partial charge in [-0.25, -0.2) is 9.48 Å². The standard InChI is InChI=1S/C21H15F3N8O4S/c22-21(23,24)14-9-15(31(29-14)13-3-1-2-10(8-13)16(25)33)36-20(35)28-11-4-6-12(7-5-11)32-19(27)37-18(30-32)17(26)34/h1-9,27H,(H2,25,33)(H2,26,34)(H,28,35). The highest BCUT2D eigenvalue weighted by molar-refractivity contribution is 7.10. The molecule has 0 unspecified atom stereocenters. The zero-order valence-corrected chi connectivity index (χ0v) is 19.1. The number of halogens is 3. The van der Waals surface area contributed by atoms with Gasteiger partial charge in [-0.2, -0.15) is 23.0 Å². The Balaban J connectivity index is 1.56. The summed E-state index contributed by atoms with van der Waals surface area (Å²) in [4.78, 5) is 35.1. The minimum absolute atomic E-state index is 0.000712. The number of benzene rings is 2. The second-order valence-electron chi connectivity index (χ2n) is 7.24. The number of hydrogen-bond donors (Lipinski definition) is 4. The zero-order chi connectivity index (χ0) is 26.9. The van der Waals surface area contributed by atoms with E-state index in [-0.39, 0.29) is 26.7 Å². The second kappa shape index (κ2) is 9.57. The van der Waals surface area contributed by atoms with Gasteiger partial charge in [-0.05, 0) is 42.5 Å². The largest absolute Gasteiger partial charge is 0.435 e. The highest BCUT2D eigenvalue weighted by Gasteiger charge is 2.36. The van der Waals surface area contributed by atoms with Gasteiger partial charge in [0.05, 0.1) is 11.4 Å². The SMILES string of the molecule is N=c1sc(C(N)=O)nn1-c1ccc(NC(=O)Oc2cc(C(F)(F)F)nn2-c2cccc(C(N)=O)c2)cc1. The summed E-state index contributed by atoms with van der Waals surface area (Å²) >= 11 is 0.779. The first-order chi connectivity index (χ1) is 17.4. The number of hydrogen-bond acceptors (Lipinski definition) is 8. The molecule has 2 heterocycles. The molecule has 4 aromatic rings. The predicted octanol–water partition coefficient (Wildman–Crippen LogP) is 2.43. The van der Waals surface area contributed by atoms with Crippen LogP contribution in [0.1, 0.15) is 25.9 Å². The number of ether oxygens (including phenoxy) is 1. The zero-order valence-electron chi connectivity index (χ0n) is 18.3. The Kier molecular flexibility index (Phi) is 6.50. The van der Waals surface area contributed by atoms with Crippen LogP contribution in [0.2, 0.25) is 0 Å². The van der Waals surface area contributed by atoms with Crippen molar-refractivity contribution >= 4 is 34.9 Å². The summed E-state index contributed by atoms with van der Waals surface area (Å²) in [5.74, 6) is -2.17. The molecule has 0 saturated heterocycles. The Morgan fingerprint density at radius 3 is 2.24 bits per heavy atom. The molecule has 0 atom stereocenters. The van der Waals surface area contributed by atoms with Crippen molar-refractivity contribution in [1.29, 1.82) is 5.41 Å². The number of carbonyl (C=O) groups is 3. The first kappa shape index (κ1) is 25.1. The molecule has 2 aromatic heterocycles. The molecule has 16 heteroatoms. The van der Waals surface area contributed by atoms with Crippen LogP contribution in [0.5, 0.6) is 5.88 Å². The minimum atomic E-state index is -4.84. The first-order valence-corrected chi connectivity index (χ1v) is 10.9. The lowest BCUT2D eigenvalue weighted by molar-refractivity contribution is -0.141. The van der Waals surface area contributed by atoms with Crippen molar-refractivity contribution in [3.63, 3.8) is 0 Å². The molecule has 0 bridgehead atoms. The average molecular weight is 532 g/mol. The fourth-order valence-electron chi connectivity index (χ4n) is 3.04. The van der Waals surface area contributed by atoms with E-state index in [1.54, 1.807) is 0 Å². The van der Waals surface area contributed by atoms with Crippen molar-refractivity contribution in [2.24, 2.45) is 11.5 Å². The van der Waals surface area contributed by atoms with Crippen molar-refractivity contribution in [3.05, 3.63) is 75.7 Å². The highest BCUT2D eigenvalue weighted by Crippen LogP contribution is 2.32. The predicted molar refractivity (Wildman–Crippen MR) is 123 cm³/mol. The van der Waals surface area contributed by atoms with Crippen LogP contribution in [-0.2, 0) is 6.18 Å². The maximum Gasteiger partial charge on any atom is 0.435 e. The molecule has 0 radical (unpaired) electrons. The first-order valence-electron chi connectivity index (χ1n) is 10.0. The summed E-state index contributed by atoms with van der Waals surface area (Å²) in [6, 6.07) is 11.6. The maximum absolute atomic E-state index is 13.3. The summed E-state index contributed by atoms with van der Waals surface area (Å²) in [6.45, 7) is 0. The Hall–Kier alpha value is -4.99. The fraction of sp³-hybridized carbons (Fsp3) is 0.0476. The van der Waals surface area contributed by atoms with Crippen LogP contribution in [0.25, 0.3) is 11.4 Å². The monoisotopic (exact) mass is 532 g/mol. The van der Waals surface area contributed by atoms with Crippen LogP contribution in [0, 0.1) is 5.41 Å². The maximum atomic E-state index is 13.3. The lowest BCUT2D eigenvalue weighted by atomic mass is 10.2. The molecule has 12 nitrogen and oxygen atoms in total. The molecule has 0 aliphatic heterocycles. The van der Waals surface area contributed by atoms with Gasteiger partial charge in [0.2, 0.25) is 21.6 Å². The number of nitrogens with one attached hydrogen (secondary N) is 2. The number of anilines is 1. The van der Waals surface area contributed by atoms with Crippen LogP contribution in [0.15, 0.2) is 54.6 Å². The molecule has 6 N–H and O–H groups in total. The van der Waals surface area contributed by atoms with Gasteiger partial charge < -0.3 is 16.2 Å². The van der Waals surface area contributed by atoms with E-state index < -0.39 is 35.7 Å². The molecule has 190 valence electrons. The van der Waals surface area contributed by atoms with Gasteiger partial charge in [-0.15, -0.1) is 5.10 Å². The smallest absolute Gasteiger partial charge is 0.391 e. The van der Waals surface area contributed by atoms with Gasteiger partial charge in [0.1, 0.15) is 0 Å².